The second-order valence-electron chi connectivity index (χ2n) is 4.12. The second-order valence-corrected chi connectivity index (χ2v) is 4.12. The molecule has 0 aromatic carbocycles. The van der Waals surface area contributed by atoms with E-state index in [1.807, 2.05) is 0 Å². The minimum Gasteiger partial charge on any atom is -0.358 e. The van der Waals surface area contributed by atoms with Crippen molar-refractivity contribution in [3.63, 3.8) is 0 Å². The molecule has 1 aliphatic heterocycles. The van der Waals surface area contributed by atoms with Gasteiger partial charge < -0.3 is 15.0 Å². The number of aromatic nitrogens is 2. The molecule has 7 heteroatoms. The monoisotopic (exact) mass is 238 g/mol. The predicted octanol–water partition coefficient (Wildman–Crippen LogP) is 0.722. The molecule has 0 unspecified atom stereocenters. The third-order valence-electron chi connectivity index (χ3n) is 2.91. The number of amides is 1. The van der Waals surface area contributed by atoms with Crippen LogP contribution in [0.1, 0.15) is 18.7 Å². The molecule has 0 saturated carbocycles. The zero-order chi connectivity index (χ0) is 12.4. The summed E-state index contributed by atoms with van der Waals surface area (Å²) in [5.41, 5.74) is 0. The van der Waals surface area contributed by atoms with Gasteiger partial charge in [-0.3, -0.25) is 9.36 Å². The summed E-state index contributed by atoms with van der Waals surface area (Å²) in [4.78, 5) is 27.4. The van der Waals surface area contributed by atoms with Gasteiger partial charge in [-0.05, 0) is 22.7 Å². The number of hydrogen-bond acceptors (Lipinski definition) is 4. The highest BCUT2D eigenvalue weighted by molar-refractivity contribution is 5.76. The maximum Gasteiger partial charge on any atom is 0.381 e. The van der Waals surface area contributed by atoms with Gasteiger partial charge in [-0.15, -0.1) is 0 Å². The van der Waals surface area contributed by atoms with Gasteiger partial charge in [-0.1, -0.05) is 0 Å². The molecule has 0 spiro atoms. The van der Waals surface area contributed by atoms with Gasteiger partial charge in [0.2, 0.25) is 11.7 Å². The molecule has 1 fully saturated rings. The van der Waals surface area contributed by atoms with Crippen LogP contribution in [0, 0.1) is 17.0 Å². The molecule has 2 rings (SSSR count). The zero-order valence-corrected chi connectivity index (χ0v) is 9.63. The topological polar surface area (TPSA) is 81.3 Å². The van der Waals surface area contributed by atoms with Crippen LogP contribution < -0.4 is 0 Å². The molecule has 0 N–H and O–H groups in total. The van der Waals surface area contributed by atoms with E-state index in [-0.39, 0.29) is 18.3 Å². The van der Waals surface area contributed by atoms with E-state index in [2.05, 4.69) is 4.98 Å². The Balaban J connectivity index is 2.07. The fraction of sp³-hybridized carbons (Fsp3) is 0.600. The van der Waals surface area contributed by atoms with Crippen LogP contribution in [0.5, 0.6) is 0 Å². The first-order chi connectivity index (χ1) is 8.08. The number of carbonyl (C=O) groups is 1. The minimum atomic E-state index is -0.552. The maximum atomic E-state index is 11.9. The molecule has 17 heavy (non-hydrogen) atoms. The van der Waals surface area contributed by atoms with Crippen LogP contribution in [0.3, 0.4) is 0 Å². The van der Waals surface area contributed by atoms with Gasteiger partial charge >= 0.3 is 5.82 Å². The lowest BCUT2D eigenvalue weighted by Gasteiger charge is -2.15. The molecular weight excluding hydrogens is 224 g/mol. The first-order valence-corrected chi connectivity index (χ1v) is 5.54. The largest absolute Gasteiger partial charge is 0.381 e. The Labute approximate surface area is 98.2 Å². The average Bonchev–Trinajstić information content (AvgIpc) is 2.88. The van der Waals surface area contributed by atoms with Gasteiger partial charge in [-0.25, -0.2) is 0 Å². The highest BCUT2D eigenvalue weighted by Crippen LogP contribution is 2.12. The summed E-state index contributed by atoms with van der Waals surface area (Å²) in [5, 5.41) is 10.5. The van der Waals surface area contributed by atoms with Crippen LogP contribution in [-0.4, -0.2) is 38.4 Å². The van der Waals surface area contributed by atoms with Crippen LogP contribution in [0.25, 0.3) is 0 Å². The summed E-state index contributed by atoms with van der Waals surface area (Å²) in [6, 6.07) is 0. The molecular formula is C10H14N4O3. The van der Waals surface area contributed by atoms with Gasteiger partial charge in [0.05, 0.1) is 0 Å². The van der Waals surface area contributed by atoms with Gasteiger partial charge in [0.15, 0.2) is 0 Å². The molecule has 0 aliphatic carbocycles. The number of carbonyl (C=O) groups excluding carboxylic acids is 1. The van der Waals surface area contributed by atoms with E-state index >= 15 is 0 Å². The molecule has 1 saturated heterocycles. The van der Waals surface area contributed by atoms with Crippen molar-refractivity contribution >= 4 is 11.7 Å². The van der Waals surface area contributed by atoms with Crippen molar-refractivity contribution in [1.29, 1.82) is 0 Å². The average molecular weight is 238 g/mol. The van der Waals surface area contributed by atoms with E-state index in [0.29, 0.717) is 5.82 Å². The van der Waals surface area contributed by atoms with Gasteiger partial charge in [0, 0.05) is 20.0 Å². The third-order valence-corrected chi connectivity index (χ3v) is 2.91. The van der Waals surface area contributed by atoms with E-state index in [1.54, 1.807) is 11.8 Å². The van der Waals surface area contributed by atoms with E-state index in [9.17, 15) is 14.9 Å². The predicted molar refractivity (Wildman–Crippen MR) is 59.4 cm³/mol. The Morgan fingerprint density at radius 3 is 2.71 bits per heavy atom. The molecule has 1 aromatic heterocycles. The Hall–Kier alpha value is -1.92. The highest BCUT2D eigenvalue weighted by atomic mass is 16.6. The SMILES string of the molecule is Cc1nc([N+](=O)[O-])cn1CC(=O)N1CCCC1. The summed E-state index contributed by atoms with van der Waals surface area (Å²) in [6.45, 7) is 3.36. The number of imidazole rings is 1. The minimum absolute atomic E-state index is 0.00195. The lowest BCUT2D eigenvalue weighted by atomic mass is 10.4. The molecule has 2 heterocycles. The molecule has 1 amide bonds. The number of aryl methyl sites for hydroxylation is 1. The molecule has 0 radical (unpaired) electrons. The smallest absolute Gasteiger partial charge is 0.358 e. The first kappa shape index (κ1) is 11.6. The summed E-state index contributed by atoms with van der Waals surface area (Å²) < 4.78 is 1.53. The summed E-state index contributed by atoms with van der Waals surface area (Å²) in [5.74, 6) is 0.277. The fourth-order valence-corrected chi connectivity index (χ4v) is 1.95. The number of nitrogens with zero attached hydrogens (tertiary/aromatic N) is 4. The number of nitro groups is 1. The lowest BCUT2D eigenvalue weighted by molar-refractivity contribution is -0.389. The Morgan fingerprint density at radius 2 is 2.18 bits per heavy atom. The first-order valence-electron chi connectivity index (χ1n) is 5.54. The van der Waals surface area contributed by atoms with Gasteiger partial charge in [0.25, 0.3) is 0 Å². The molecule has 0 atom stereocenters. The quantitative estimate of drug-likeness (QED) is 0.574. The molecule has 1 aliphatic rings. The van der Waals surface area contributed by atoms with Crippen molar-refractivity contribution in [2.75, 3.05) is 13.1 Å². The van der Waals surface area contributed by atoms with Crippen molar-refractivity contribution in [3.8, 4) is 0 Å². The van der Waals surface area contributed by atoms with E-state index < -0.39 is 4.92 Å². The van der Waals surface area contributed by atoms with Crippen molar-refractivity contribution in [1.82, 2.24) is 14.5 Å². The highest BCUT2D eigenvalue weighted by Gasteiger charge is 2.21. The maximum absolute atomic E-state index is 11.9. The van der Waals surface area contributed by atoms with Crippen LogP contribution in [0.15, 0.2) is 6.20 Å². The Kier molecular flexibility index (Phi) is 3.08. The molecule has 0 bridgehead atoms. The Bertz CT molecular complexity index is 448. The third kappa shape index (κ3) is 2.43. The lowest BCUT2D eigenvalue weighted by Crippen LogP contribution is -2.31. The number of likely N-dealkylation sites (tertiary alicyclic amines) is 1. The van der Waals surface area contributed by atoms with E-state index in [1.165, 1.54) is 10.8 Å². The van der Waals surface area contributed by atoms with Crippen LogP contribution in [0.2, 0.25) is 0 Å². The summed E-state index contributed by atoms with van der Waals surface area (Å²) >= 11 is 0. The zero-order valence-electron chi connectivity index (χ0n) is 9.63. The van der Waals surface area contributed by atoms with Crippen LogP contribution in [-0.2, 0) is 11.3 Å². The number of hydrogen-bond donors (Lipinski definition) is 0. The normalized spacial score (nSPS) is 15.2. The van der Waals surface area contributed by atoms with Crippen LogP contribution >= 0.6 is 0 Å². The standard InChI is InChI=1S/C10H14N4O3/c1-8-11-9(14(16)17)6-13(8)7-10(15)12-4-2-3-5-12/h6H,2-5,7H2,1H3. The van der Waals surface area contributed by atoms with Gasteiger partial charge in [-0.2, -0.15) is 0 Å². The van der Waals surface area contributed by atoms with Crippen molar-refractivity contribution in [3.05, 3.63) is 22.1 Å². The molecule has 1 aromatic rings. The van der Waals surface area contributed by atoms with Crippen molar-refractivity contribution < 1.29 is 9.72 Å². The van der Waals surface area contributed by atoms with Crippen LogP contribution in [0.4, 0.5) is 5.82 Å². The summed E-state index contributed by atoms with van der Waals surface area (Å²) in [6.07, 6.45) is 3.38. The Morgan fingerprint density at radius 1 is 1.53 bits per heavy atom. The number of rotatable bonds is 3. The second kappa shape index (κ2) is 4.52. The molecule has 7 nitrogen and oxygen atoms in total. The molecule has 92 valence electrons. The fourth-order valence-electron chi connectivity index (χ4n) is 1.95. The summed E-state index contributed by atoms with van der Waals surface area (Å²) in [7, 11) is 0. The van der Waals surface area contributed by atoms with Gasteiger partial charge in [0.1, 0.15) is 12.7 Å². The van der Waals surface area contributed by atoms with E-state index in [4.69, 9.17) is 0 Å². The van der Waals surface area contributed by atoms with Crippen molar-refractivity contribution in [2.24, 2.45) is 0 Å². The van der Waals surface area contributed by atoms with E-state index in [0.717, 1.165) is 25.9 Å². The van der Waals surface area contributed by atoms with Crippen molar-refractivity contribution in [2.45, 2.75) is 26.3 Å².